The van der Waals surface area contributed by atoms with Crippen molar-refractivity contribution in [3.63, 3.8) is 0 Å². The number of nitrogens with one attached hydrogen (secondary N) is 1. The van der Waals surface area contributed by atoms with Crippen molar-refractivity contribution in [2.45, 2.75) is 34.1 Å². The molecule has 1 N–H and O–H groups in total. The van der Waals surface area contributed by atoms with Gasteiger partial charge in [-0.3, -0.25) is 9.59 Å². The van der Waals surface area contributed by atoms with Crippen molar-refractivity contribution in [2.24, 2.45) is 11.8 Å². The first-order chi connectivity index (χ1) is 13.8. The highest BCUT2D eigenvalue weighted by Gasteiger charge is 2.25. The van der Waals surface area contributed by atoms with Crippen LogP contribution in [0.3, 0.4) is 0 Å². The van der Waals surface area contributed by atoms with Gasteiger partial charge in [0.25, 0.3) is 0 Å². The van der Waals surface area contributed by atoms with Gasteiger partial charge in [-0.1, -0.05) is 26.0 Å². The largest absolute Gasteiger partial charge is 0.341 e. The monoisotopic (exact) mass is 431 g/mol. The van der Waals surface area contributed by atoms with Crippen molar-refractivity contribution >= 4 is 40.0 Å². The summed E-state index contributed by atoms with van der Waals surface area (Å²) in [5.41, 5.74) is 4.39. The van der Waals surface area contributed by atoms with Crippen molar-refractivity contribution in [1.29, 1.82) is 0 Å². The molecule has 0 radical (unpaired) electrons. The number of anilines is 1. The molecule has 3 rings (SSSR count). The molecule has 0 bridgehead atoms. The normalized spacial score (nSPS) is 19.2. The van der Waals surface area contributed by atoms with E-state index in [0.717, 1.165) is 24.3 Å². The molecule has 1 aliphatic rings. The van der Waals surface area contributed by atoms with Crippen LogP contribution < -0.4 is 5.32 Å². The van der Waals surface area contributed by atoms with Crippen molar-refractivity contribution in [3.8, 4) is 11.3 Å². The van der Waals surface area contributed by atoms with Crippen LogP contribution in [0.15, 0.2) is 23.6 Å². The number of piperidine rings is 1. The van der Waals surface area contributed by atoms with Gasteiger partial charge in [0.15, 0.2) is 5.13 Å². The standard InChI is InChI=1S/C22H29N3O2S2/c1-14-7-15(2)10-25(9-14)21(27)13-28-12-20(26)24-22-23-19(11-29-22)18-6-5-16(3)17(4)8-18/h5-6,8,11,14-15H,7,9-10,12-13H2,1-4H3,(H,23,24,26)/t14-,15-/m0/s1. The van der Waals surface area contributed by atoms with Crippen molar-refractivity contribution in [3.05, 3.63) is 34.7 Å². The molecule has 1 aromatic carbocycles. The van der Waals surface area contributed by atoms with Crippen molar-refractivity contribution in [1.82, 2.24) is 9.88 Å². The number of amides is 2. The van der Waals surface area contributed by atoms with E-state index in [0.29, 0.717) is 22.7 Å². The van der Waals surface area contributed by atoms with E-state index >= 15 is 0 Å². The minimum atomic E-state index is -0.121. The van der Waals surface area contributed by atoms with Gasteiger partial charge in [0.2, 0.25) is 11.8 Å². The van der Waals surface area contributed by atoms with Gasteiger partial charge < -0.3 is 10.2 Å². The molecule has 1 aromatic heterocycles. The third kappa shape index (κ3) is 6.06. The molecule has 0 spiro atoms. The van der Waals surface area contributed by atoms with Crippen LogP contribution >= 0.6 is 23.1 Å². The van der Waals surface area contributed by atoms with Gasteiger partial charge in [-0.15, -0.1) is 23.1 Å². The average molecular weight is 432 g/mol. The second kappa shape index (κ2) is 9.76. The Labute approximate surface area is 181 Å². The van der Waals surface area contributed by atoms with Crippen LogP contribution in [0.2, 0.25) is 0 Å². The molecule has 0 saturated carbocycles. The fraction of sp³-hybridized carbons (Fsp3) is 0.500. The quantitative estimate of drug-likeness (QED) is 0.726. The predicted molar refractivity (Wildman–Crippen MR) is 123 cm³/mol. The van der Waals surface area contributed by atoms with E-state index < -0.39 is 0 Å². The molecule has 2 atom stereocenters. The number of carbonyl (C=O) groups is 2. The second-order valence-electron chi connectivity index (χ2n) is 8.12. The minimum absolute atomic E-state index is 0.121. The van der Waals surface area contributed by atoms with Gasteiger partial charge >= 0.3 is 0 Å². The molecular formula is C22H29N3O2S2. The summed E-state index contributed by atoms with van der Waals surface area (Å²) in [7, 11) is 0. The van der Waals surface area contributed by atoms with Crippen molar-refractivity contribution < 1.29 is 9.59 Å². The fourth-order valence-electron chi connectivity index (χ4n) is 3.71. The molecule has 2 aromatic rings. The maximum atomic E-state index is 12.4. The lowest BCUT2D eigenvalue weighted by molar-refractivity contribution is -0.130. The van der Waals surface area contributed by atoms with E-state index in [-0.39, 0.29) is 17.6 Å². The molecule has 2 heterocycles. The highest BCUT2D eigenvalue weighted by molar-refractivity contribution is 8.00. The van der Waals surface area contributed by atoms with Gasteiger partial charge in [0.1, 0.15) is 0 Å². The van der Waals surface area contributed by atoms with Gasteiger partial charge in [-0.25, -0.2) is 4.98 Å². The summed E-state index contributed by atoms with van der Waals surface area (Å²) in [5.74, 6) is 1.71. The Kier molecular flexibility index (Phi) is 7.35. The molecule has 156 valence electrons. The topological polar surface area (TPSA) is 62.3 Å². The molecule has 1 aliphatic heterocycles. The fourth-order valence-corrected chi connectivity index (χ4v) is 5.16. The van der Waals surface area contributed by atoms with E-state index in [1.54, 1.807) is 0 Å². The first-order valence-corrected chi connectivity index (χ1v) is 12.0. The Bertz CT molecular complexity index is 871. The van der Waals surface area contributed by atoms with Crippen LogP contribution in [0.1, 0.15) is 31.4 Å². The van der Waals surface area contributed by atoms with Crippen LogP contribution in [0.5, 0.6) is 0 Å². The van der Waals surface area contributed by atoms with Gasteiger partial charge in [0.05, 0.1) is 17.2 Å². The number of likely N-dealkylation sites (tertiary alicyclic amines) is 1. The number of hydrogen-bond acceptors (Lipinski definition) is 5. The van der Waals surface area contributed by atoms with E-state index in [9.17, 15) is 9.59 Å². The summed E-state index contributed by atoms with van der Waals surface area (Å²) in [4.78, 5) is 31.1. The average Bonchev–Trinajstić information content (AvgIpc) is 3.11. The number of thioether (sulfide) groups is 1. The van der Waals surface area contributed by atoms with Crippen molar-refractivity contribution in [2.75, 3.05) is 29.9 Å². The molecule has 2 amide bonds. The van der Waals surface area contributed by atoms with Crippen LogP contribution in [0.25, 0.3) is 11.3 Å². The van der Waals surface area contributed by atoms with E-state index in [4.69, 9.17) is 0 Å². The Morgan fingerprint density at radius 2 is 1.90 bits per heavy atom. The highest BCUT2D eigenvalue weighted by atomic mass is 32.2. The number of rotatable bonds is 6. The zero-order valence-corrected chi connectivity index (χ0v) is 19.2. The molecule has 29 heavy (non-hydrogen) atoms. The number of aryl methyl sites for hydroxylation is 2. The first kappa shape index (κ1) is 21.8. The lowest BCUT2D eigenvalue weighted by Crippen LogP contribution is -2.43. The number of thiazole rings is 1. The summed E-state index contributed by atoms with van der Waals surface area (Å²) in [5, 5.41) is 5.39. The number of carbonyl (C=O) groups excluding carboxylic acids is 2. The number of benzene rings is 1. The van der Waals surface area contributed by atoms with Gasteiger partial charge in [0, 0.05) is 24.0 Å². The number of hydrogen-bond donors (Lipinski definition) is 1. The third-order valence-electron chi connectivity index (χ3n) is 5.23. The zero-order chi connectivity index (χ0) is 21.0. The number of nitrogens with zero attached hydrogens (tertiary/aromatic N) is 2. The third-order valence-corrected chi connectivity index (χ3v) is 6.91. The van der Waals surface area contributed by atoms with Gasteiger partial charge in [-0.05, 0) is 49.3 Å². The molecule has 1 saturated heterocycles. The Hall–Kier alpha value is -1.86. The Morgan fingerprint density at radius 1 is 1.17 bits per heavy atom. The predicted octanol–water partition coefficient (Wildman–Crippen LogP) is 4.60. The Morgan fingerprint density at radius 3 is 2.59 bits per heavy atom. The smallest absolute Gasteiger partial charge is 0.236 e. The lowest BCUT2D eigenvalue weighted by atomic mass is 9.92. The zero-order valence-electron chi connectivity index (χ0n) is 17.5. The summed E-state index contributed by atoms with van der Waals surface area (Å²) in [6.07, 6.45) is 1.18. The van der Waals surface area contributed by atoms with Crippen LogP contribution in [-0.4, -0.2) is 46.3 Å². The van der Waals surface area contributed by atoms with Crippen LogP contribution in [-0.2, 0) is 9.59 Å². The summed E-state index contributed by atoms with van der Waals surface area (Å²) in [6.45, 7) is 10.2. The molecule has 0 aliphatic carbocycles. The summed E-state index contributed by atoms with van der Waals surface area (Å²) in [6, 6.07) is 6.24. The van der Waals surface area contributed by atoms with Gasteiger partial charge in [-0.2, -0.15) is 0 Å². The van der Waals surface area contributed by atoms with Crippen LogP contribution in [0.4, 0.5) is 5.13 Å². The lowest BCUT2D eigenvalue weighted by Gasteiger charge is -2.35. The highest BCUT2D eigenvalue weighted by Crippen LogP contribution is 2.26. The van der Waals surface area contributed by atoms with Crippen LogP contribution in [0, 0.1) is 25.7 Å². The summed E-state index contributed by atoms with van der Waals surface area (Å²) < 4.78 is 0. The molecule has 7 heteroatoms. The second-order valence-corrected chi connectivity index (χ2v) is 9.97. The maximum Gasteiger partial charge on any atom is 0.236 e. The van der Waals surface area contributed by atoms with E-state index in [2.05, 4.69) is 50.1 Å². The SMILES string of the molecule is Cc1ccc(-c2csc(NC(=O)CSCC(=O)N3C[C@@H](C)C[C@H](C)C3)n2)cc1C. The van der Waals surface area contributed by atoms with E-state index in [1.165, 1.54) is 40.6 Å². The maximum absolute atomic E-state index is 12.4. The molecule has 1 fully saturated rings. The molecular weight excluding hydrogens is 402 g/mol. The molecule has 0 unspecified atom stereocenters. The minimum Gasteiger partial charge on any atom is -0.341 e. The summed E-state index contributed by atoms with van der Waals surface area (Å²) >= 11 is 2.78. The van der Waals surface area contributed by atoms with E-state index in [1.807, 2.05) is 16.3 Å². The Balaban J connectivity index is 1.46. The molecule has 5 nitrogen and oxygen atoms in total. The first-order valence-electron chi connectivity index (χ1n) is 10.0. The number of aromatic nitrogens is 1.